The third-order valence-corrected chi connectivity index (χ3v) is 6.38. The summed E-state index contributed by atoms with van der Waals surface area (Å²) < 4.78 is 24.9. The number of hydrogen-bond donors (Lipinski definition) is 2. The number of nitrogens with one attached hydrogen (secondary N) is 1. The molecule has 5 rings (SSSR count). The van der Waals surface area contributed by atoms with Gasteiger partial charge in [0, 0.05) is 29.5 Å². The number of phenols is 1. The Morgan fingerprint density at radius 3 is 2.41 bits per heavy atom. The van der Waals surface area contributed by atoms with Gasteiger partial charge < -0.3 is 19.6 Å². The number of aromatic hydroxyl groups is 1. The Kier molecular flexibility index (Phi) is 8.20. The number of para-hydroxylation sites is 1. The van der Waals surface area contributed by atoms with E-state index in [9.17, 15) is 19.1 Å². The molecule has 0 unspecified atom stereocenters. The van der Waals surface area contributed by atoms with E-state index < -0.39 is 11.8 Å². The van der Waals surface area contributed by atoms with Gasteiger partial charge in [-0.05, 0) is 72.6 Å². The number of ether oxygens (including phenoxy) is 1. The van der Waals surface area contributed by atoms with Crippen molar-refractivity contribution < 1.29 is 28.2 Å². The molecule has 0 saturated heterocycles. The van der Waals surface area contributed by atoms with Crippen LogP contribution in [0.3, 0.4) is 0 Å². The summed E-state index contributed by atoms with van der Waals surface area (Å²) in [7, 11) is 0. The van der Waals surface area contributed by atoms with Crippen molar-refractivity contribution in [2.24, 2.45) is 4.99 Å². The predicted octanol–water partition coefficient (Wildman–Crippen LogP) is 7.00. The van der Waals surface area contributed by atoms with Crippen LogP contribution in [0.5, 0.6) is 11.5 Å². The molecule has 0 bridgehead atoms. The first-order valence-corrected chi connectivity index (χ1v) is 13.0. The second kappa shape index (κ2) is 12.3. The van der Waals surface area contributed by atoms with Gasteiger partial charge in [-0.1, -0.05) is 42.5 Å². The van der Waals surface area contributed by atoms with Gasteiger partial charge in [0.2, 0.25) is 0 Å². The molecular weight excluding hydrogens is 523 g/mol. The molecule has 0 saturated carbocycles. The fourth-order valence-electron chi connectivity index (χ4n) is 4.27. The average molecular weight is 551 g/mol. The molecule has 1 aromatic heterocycles. The van der Waals surface area contributed by atoms with Gasteiger partial charge in [0.05, 0.1) is 12.3 Å². The first-order valence-electron chi connectivity index (χ1n) is 13.0. The number of benzene rings is 4. The molecule has 1 heterocycles. The summed E-state index contributed by atoms with van der Waals surface area (Å²) in [4.78, 5) is 30.2. The first kappa shape index (κ1) is 27.3. The van der Waals surface area contributed by atoms with E-state index in [1.807, 2.05) is 18.2 Å². The van der Waals surface area contributed by atoms with Crippen LogP contribution in [0.1, 0.15) is 39.0 Å². The van der Waals surface area contributed by atoms with Crippen molar-refractivity contribution in [3.63, 3.8) is 0 Å². The molecule has 0 aliphatic heterocycles. The molecule has 7 nitrogen and oxygen atoms in total. The molecular formula is C33H27FN2O5. The number of anilines is 1. The molecule has 8 heteroatoms. The molecule has 0 fully saturated rings. The van der Waals surface area contributed by atoms with Crippen LogP contribution in [0.2, 0.25) is 0 Å². The van der Waals surface area contributed by atoms with Crippen LogP contribution in [-0.2, 0) is 12.8 Å². The quantitative estimate of drug-likeness (QED) is 0.193. The van der Waals surface area contributed by atoms with Crippen molar-refractivity contribution in [1.82, 2.24) is 0 Å². The topological polar surface area (TPSA) is 101 Å². The number of carbonyl (C=O) groups is 2. The maximum absolute atomic E-state index is 13.2. The lowest BCUT2D eigenvalue weighted by atomic mass is 10.1. The smallest absolute Gasteiger partial charge is 0.291 e. The zero-order chi connectivity index (χ0) is 28.8. The summed E-state index contributed by atoms with van der Waals surface area (Å²) in [5.41, 5.74) is 3.59. The summed E-state index contributed by atoms with van der Waals surface area (Å²) in [6, 6.07) is 26.5. The van der Waals surface area contributed by atoms with Crippen LogP contribution in [0.25, 0.3) is 11.0 Å². The van der Waals surface area contributed by atoms with E-state index in [4.69, 9.17) is 9.15 Å². The number of nitrogens with zero attached hydrogens (tertiary/aromatic N) is 1. The Morgan fingerprint density at radius 2 is 1.66 bits per heavy atom. The van der Waals surface area contributed by atoms with Crippen LogP contribution in [0.15, 0.2) is 106 Å². The monoisotopic (exact) mass is 550 g/mol. The highest BCUT2D eigenvalue weighted by molar-refractivity contribution is 6.07. The zero-order valence-electron chi connectivity index (χ0n) is 22.3. The van der Waals surface area contributed by atoms with Crippen molar-refractivity contribution in [3.8, 4) is 11.5 Å². The van der Waals surface area contributed by atoms with E-state index in [1.165, 1.54) is 12.1 Å². The number of fused-ring (bicyclic) bond motifs is 1. The number of hydrogen-bond acceptors (Lipinski definition) is 5. The number of furan rings is 1. The van der Waals surface area contributed by atoms with Gasteiger partial charge in [-0.25, -0.2) is 9.38 Å². The largest absolute Gasteiger partial charge is 0.508 e. The van der Waals surface area contributed by atoms with E-state index in [0.29, 0.717) is 35.6 Å². The third kappa shape index (κ3) is 7.05. The van der Waals surface area contributed by atoms with Crippen LogP contribution < -0.4 is 10.1 Å². The predicted molar refractivity (Wildman–Crippen MR) is 155 cm³/mol. The van der Waals surface area contributed by atoms with E-state index in [1.54, 1.807) is 73.7 Å². The van der Waals surface area contributed by atoms with Gasteiger partial charge >= 0.3 is 0 Å². The van der Waals surface area contributed by atoms with Crippen LogP contribution in [0.4, 0.5) is 10.1 Å². The normalized spacial score (nSPS) is 11.4. The van der Waals surface area contributed by atoms with Crippen molar-refractivity contribution in [2.45, 2.75) is 19.8 Å². The number of amides is 2. The molecule has 41 heavy (non-hydrogen) atoms. The second-order valence-electron chi connectivity index (χ2n) is 9.53. The molecule has 0 spiro atoms. The minimum Gasteiger partial charge on any atom is -0.508 e. The lowest BCUT2D eigenvalue weighted by molar-refractivity contribution is 0.0993. The van der Waals surface area contributed by atoms with Crippen LogP contribution in [-0.4, -0.2) is 29.2 Å². The van der Waals surface area contributed by atoms with Crippen molar-refractivity contribution in [3.05, 3.63) is 125 Å². The third-order valence-electron chi connectivity index (χ3n) is 6.38. The Hall–Kier alpha value is -5.24. The molecule has 5 aromatic rings. The van der Waals surface area contributed by atoms with E-state index in [-0.39, 0.29) is 29.5 Å². The Morgan fingerprint density at radius 1 is 0.927 bits per heavy atom. The maximum Gasteiger partial charge on any atom is 0.291 e. The summed E-state index contributed by atoms with van der Waals surface area (Å²) in [5.74, 6) is -0.649. The Balaban J connectivity index is 1.35. The second-order valence-corrected chi connectivity index (χ2v) is 9.53. The standard InChI is InChI=1S/C33H27FN2O5/c1-21(18-23-6-11-26(34)12-7-23)35-32(38)25-10-15-28(30(20-25)40-17-16-22-8-13-27(37)14-9-22)36-33(39)31-19-24-4-2-3-5-29(24)41-31/h2-15,19-20,37H,16-18H2,1H3,(H,36,39). The van der Waals surface area contributed by atoms with Gasteiger partial charge in [0.15, 0.2) is 5.76 Å². The summed E-state index contributed by atoms with van der Waals surface area (Å²) in [5, 5.41) is 13.1. The number of carbonyl (C=O) groups excluding carboxylic acids is 2. The minimum atomic E-state index is -0.469. The van der Waals surface area contributed by atoms with Gasteiger partial charge in [-0.2, -0.15) is 0 Å². The van der Waals surface area contributed by atoms with Crippen molar-refractivity contribution in [1.29, 1.82) is 0 Å². The van der Waals surface area contributed by atoms with Crippen molar-refractivity contribution >= 4 is 34.2 Å². The lowest BCUT2D eigenvalue weighted by Crippen LogP contribution is -2.13. The number of phenolic OH excluding ortho intramolecular Hbond substituents is 1. The van der Waals surface area contributed by atoms with Crippen LogP contribution >= 0.6 is 0 Å². The highest BCUT2D eigenvalue weighted by Crippen LogP contribution is 2.28. The molecule has 0 atom stereocenters. The SMILES string of the molecule is CC(Cc1ccc(F)cc1)=NC(=O)c1ccc(NC(=O)c2cc3ccccc3o2)c(OCCc2ccc(O)cc2)c1. The maximum atomic E-state index is 13.2. The Labute approximate surface area is 235 Å². The molecule has 0 aliphatic rings. The minimum absolute atomic E-state index is 0.141. The molecule has 0 aliphatic carbocycles. The summed E-state index contributed by atoms with van der Waals surface area (Å²) in [6.07, 6.45) is 0.929. The fourth-order valence-corrected chi connectivity index (χ4v) is 4.27. The van der Waals surface area contributed by atoms with Gasteiger partial charge in [-0.3, -0.25) is 9.59 Å². The zero-order valence-corrected chi connectivity index (χ0v) is 22.3. The first-order chi connectivity index (χ1) is 19.8. The molecule has 0 radical (unpaired) electrons. The lowest BCUT2D eigenvalue weighted by Gasteiger charge is -2.13. The van der Waals surface area contributed by atoms with E-state index >= 15 is 0 Å². The van der Waals surface area contributed by atoms with Gasteiger partial charge in [-0.15, -0.1) is 0 Å². The molecule has 4 aromatic carbocycles. The molecule has 2 amide bonds. The number of aliphatic imine (C=N–C) groups is 1. The average Bonchev–Trinajstić information content (AvgIpc) is 3.41. The summed E-state index contributed by atoms with van der Waals surface area (Å²) in [6.45, 7) is 1.99. The highest BCUT2D eigenvalue weighted by atomic mass is 19.1. The van der Waals surface area contributed by atoms with E-state index in [2.05, 4.69) is 10.3 Å². The van der Waals surface area contributed by atoms with Gasteiger partial charge in [0.25, 0.3) is 11.8 Å². The van der Waals surface area contributed by atoms with E-state index in [0.717, 1.165) is 16.5 Å². The fraction of sp³-hybridized carbons (Fsp3) is 0.121. The summed E-state index contributed by atoms with van der Waals surface area (Å²) >= 11 is 0. The van der Waals surface area contributed by atoms with Crippen molar-refractivity contribution in [2.75, 3.05) is 11.9 Å². The van der Waals surface area contributed by atoms with Gasteiger partial charge in [0.1, 0.15) is 22.9 Å². The Bertz CT molecular complexity index is 1690. The molecule has 206 valence electrons. The highest BCUT2D eigenvalue weighted by Gasteiger charge is 2.17. The molecule has 2 N–H and O–H groups in total. The van der Waals surface area contributed by atoms with Crippen LogP contribution in [0, 0.1) is 5.82 Å². The number of halogens is 1. The number of rotatable bonds is 9.